The van der Waals surface area contributed by atoms with Crippen LogP contribution in [0.3, 0.4) is 0 Å². The average molecular weight is 230 g/mol. The van der Waals surface area contributed by atoms with Gasteiger partial charge in [0.1, 0.15) is 5.15 Å². The van der Waals surface area contributed by atoms with E-state index < -0.39 is 0 Å². The van der Waals surface area contributed by atoms with Crippen LogP contribution in [-0.2, 0) is 0 Å². The lowest BCUT2D eigenvalue weighted by Gasteiger charge is -1.98. The zero-order chi connectivity index (χ0) is 9.26. The molecule has 1 heterocycles. The lowest BCUT2D eigenvalue weighted by atomic mass is 10.2. The van der Waals surface area contributed by atoms with Crippen LogP contribution >= 0.6 is 33.3 Å². The molecular weight excluding hydrogens is 225 g/mol. The molecule has 0 unspecified atom stereocenters. The predicted octanol–water partition coefficient (Wildman–Crippen LogP) is 4.13. The third kappa shape index (κ3) is 1.90. The number of hydrogen-bond acceptors (Lipinski definition) is 2. The van der Waals surface area contributed by atoms with Crippen molar-refractivity contribution in [3.63, 3.8) is 0 Å². The van der Waals surface area contributed by atoms with Crippen LogP contribution in [0.2, 0.25) is 5.15 Å². The summed E-state index contributed by atoms with van der Waals surface area (Å²) in [6.45, 7) is 0. The topological polar surface area (TPSA) is 12.9 Å². The molecule has 0 aliphatic carbocycles. The highest BCUT2D eigenvalue weighted by Crippen LogP contribution is 2.25. The molecule has 1 aromatic heterocycles. The van der Waals surface area contributed by atoms with Crippen LogP contribution in [0.1, 0.15) is 0 Å². The maximum absolute atomic E-state index is 5.76. The summed E-state index contributed by atoms with van der Waals surface area (Å²) in [5.41, 5.74) is 0.873. The van der Waals surface area contributed by atoms with Crippen molar-refractivity contribution in [3.8, 4) is 0 Å². The minimum absolute atomic E-state index is 0.504. The van der Waals surface area contributed by atoms with Gasteiger partial charge in [-0.2, -0.15) is 0 Å². The summed E-state index contributed by atoms with van der Waals surface area (Å²) in [4.78, 5) is 5.15. The molecule has 2 aromatic rings. The smallest absolute Gasteiger partial charge is 0.129 e. The summed E-state index contributed by atoms with van der Waals surface area (Å²) < 4.78 is 0. The third-order valence-electron chi connectivity index (χ3n) is 1.72. The Kier molecular flexibility index (Phi) is 2.63. The van der Waals surface area contributed by atoms with Gasteiger partial charge in [-0.05, 0) is 45.9 Å². The number of nitrogens with zero attached hydrogens (tertiary/aromatic N) is 1. The van der Waals surface area contributed by atoms with Crippen LogP contribution in [-0.4, -0.2) is 4.98 Å². The van der Waals surface area contributed by atoms with Crippen LogP contribution in [0.4, 0.5) is 0 Å². The van der Waals surface area contributed by atoms with E-state index in [0.29, 0.717) is 5.15 Å². The first kappa shape index (κ1) is 9.13. The maximum Gasteiger partial charge on any atom is 0.129 e. The second kappa shape index (κ2) is 3.74. The third-order valence-corrected chi connectivity index (χ3v) is 2.90. The molecule has 0 aliphatic rings. The van der Waals surface area contributed by atoms with Gasteiger partial charge in [0, 0.05) is 10.3 Å². The summed E-state index contributed by atoms with van der Waals surface area (Å²) in [6.07, 6.45) is 0. The van der Waals surface area contributed by atoms with Crippen LogP contribution in [0.5, 0.6) is 0 Å². The van der Waals surface area contributed by atoms with E-state index in [2.05, 4.69) is 4.98 Å². The zero-order valence-electron chi connectivity index (χ0n) is 6.50. The van der Waals surface area contributed by atoms with Crippen LogP contribution in [0.15, 0.2) is 35.2 Å². The second-order valence-corrected chi connectivity index (χ2v) is 4.04. The monoisotopic (exact) mass is 229 g/mol. The minimum Gasteiger partial charge on any atom is -0.236 e. The normalized spacial score (nSPS) is 10.6. The van der Waals surface area contributed by atoms with E-state index in [9.17, 15) is 0 Å². The van der Waals surface area contributed by atoms with Gasteiger partial charge in [-0.1, -0.05) is 17.7 Å². The first-order valence-electron chi connectivity index (χ1n) is 3.64. The highest BCUT2D eigenvalue weighted by molar-refractivity contribution is 8.21. The van der Waals surface area contributed by atoms with Crippen molar-refractivity contribution in [2.24, 2.45) is 0 Å². The molecule has 0 saturated carbocycles. The maximum atomic E-state index is 5.76. The lowest BCUT2D eigenvalue weighted by molar-refractivity contribution is 1.38. The summed E-state index contributed by atoms with van der Waals surface area (Å²) >= 11 is 5.76. The molecule has 0 saturated heterocycles. The molecule has 0 radical (unpaired) electrons. The Hall–Kier alpha value is -0.440. The van der Waals surface area contributed by atoms with Gasteiger partial charge in [0.15, 0.2) is 0 Å². The first-order chi connectivity index (χ1) is 6.29. The fourth-order valence-corrected chi connectivity index (χ4v) is 1.84. The fourth-order valence-electron chi connectivity index (χ4n) is 1.12. The van der Waals surface area contributed by atoms with Crippen molar-refractivity contribution >= 4 is 44.2 Å². The molecule has 0 fully saturated rings. The Morgan fingerprint density at radius 3 is 2.69 bits per heavy atom. The largest absolute Gasteiger partial charge is 0.236 e. The van der Waals surface area contributed by atoms with Crippen LogP contribution in [0, 0.1) is 0 Å². The van der Waals surface area contributed by atoms with E-state index in [1.54, 1.807) is 6.07 Å². The van der Waals surface area contributed by atoms with Gasteiger partial charge < -0.3 is 0 Å². The van der Waals surface area contributed by atoms with Gasteiger partial charge in [0.05, 0.1) is 5.52 Å². The fraction of sp³-hybridized carbons (Fsp3) is 0. The highest BCUT2D eigenvalue weighted by atomic mass is 35.7. The summed E-state index contributed by atoms with van der Waals surface area (Å²) in [7, 11) is 6.80. The van der Waals surface area contributed by atoms with Gasteiger partial charge in [-0.15, -0.1) is 0 Å². The van der Waals surface area contributed by atoms with Gasteiger partial charge in [-0.25, -0.2) is 4.98 Å². The quantitative estimate of drug-likeness (QED) is 0.683. The second-order valence-electron chi connectivity index (χ2n) is 2.57. The van der Waals surface area contributed by atoms with Crippen molar-refractivity contribution < 1.29 is 0 Å². The van der Waals surface area contributed by atoms with Gasteiger partial charge in [-0.3, -0.25) is 0 Å². The van der Waals surface area contributed by atoms with E-state index in [-0.39, 0.29) is 0 Å². The summed E-state index contributed by atoms with van der Waals surface area (Å²) in [6, 6.07) is 9.56. The van der Waals surface area contributed by atoms with Crippen LogP contribution in [0.25, 0.3) is 10.9 Å². The zero-order valence-corrected chi connectivity index (χ0v) is 8.83. The predicted molar refractivity (Wildman–Crippen MR) is 58.5 cm³/mol. The van der Waals surface area contributed by atoms with Gasteiger partial charge in [0.2, 0.25) is 0 Å². The molecular formula is C9H5Cl2NS. The molecule has 13 heavy (non-hydrogen) atoms. The van der Waals surface area contributed by atoms with Crippen molar-refractivity contribution in [2.75, 3.05) is 0 Å². The minimum atomic E-state index is 0.504. The molecule has 0 N–H and O–H groups in total. The number of hydrogen-bond donors (Lipinski definition) is 0. The van der Waals surface area contributed by atoms with Crippen LogP contribution < -0.4 is 0 Å². The molecule has 66 valence electrons. The molecule has 0 amide bonds. The standard InChI is InChI=1S/C9H5Cl2NS/c10-9-4-2-6-1-3-7(13-11)5-8(6)12-9/h1-5H. The van der Waals surface area contributed by atoms with Crippen molar-refractivity contribution in [2.45, 2.75) is 4.90 Å². The van der Waals surface area contributed by atoms with E-state index in [0.717, 1.165) is 15.8 Å². The highest BCUT2D eigenvalue weighted by Gasteiger charge is 1.98. The lowest BCUT2D eigenvalue weighted by Crippen LogP contribution is -1.79. The molecule has 0 aliphatic heterocycles. The molecule has 0 spiro atoms. The SMILES string of the molecule is ClSc1ccc2ccc(Cl)nc2c1. The molecule has 2 rings (SSSR count). The number of rotatable bonds is 1. The van der Waals surface area contributed by atoms with E-state index in [1.807, 2.05) is 24.3 Å². The van der Waals surface area contributed by atoms with E-state index in [1.165, 1.54) is 11.0 Å². The summed E-state index contributed by atoms with van der Waals surface area (Å²) in [5, 5.41) is 1.57. The van der Waals surface area contributed by atoms with Crippen molar-refractivity contribution in [1.82, 2.24) is 4.98 Å². The average Bonchev–Trinajstić information content (AvgIpc) is 2.16. The Morgan fingerprint density at radius 1 is 1.15 bits per heavy atom. The number of halogens is 2. The Bertz CT molecular complexity index is 445. The Balaban J connectivity index is 2.68. The molecule has 1 aromatic carbocycles. The number of benzene rings is 1. The molecule has 1 nitrogen and oxygen atoms in total. The molecule has 0 bridgehead atoms. The number of pyridine rings is 1. The first-order valence-corrected chi connectivity index (χ1v) is 5.66. The van der Waals surface area contributed by atoms with E-state index >= 15 is 0 Å². The Morgan fingerprint density at radius 2 is 1.92 bits per heavy atom. The molecule has 0 atom stereocenters. The number of fused-ring (bicyclic) bond motifs is 1. The van der Waals surface area contributed by atoms with Gasteiger partial charge >= 0.3 is 0 Å². The van der Waals surface area contributed by atoms with E-state index in [4.69, 9.17) is 22.3 Å². The van der Waals surface area contributed by atoms with Crippen molar-refractivity contribution in [3.05, 3.63) is 35.5 Å². The summed E-state index contributed by atoms with van der Waals surface area (Å²) in [5.74, 6) is 0. The Labute approximate surface area is 89.6 Å². The van der Waals surface area contributed by atoms with Gasteiger partial charge in [0.25, 0.3) is 0 Å². The van der Waals surface area contributed by atoms with Crippen molar-refractivity contribution in [1.29, 1.82) is 0 Å². The molecule has 4 heteroatoms. The number of aromatic nitrogens is 1.